The SMILES string of the molecule is CC(C)n1cc(-c2ccccn2)c(-c2ccc(F)cc2)c1CCC(O)CC(O)CC(=O)O. The average Bonchev–Trinajstić information content (AvgIpc) is 3.12. The molecule has 0 aliphatic heterocycles. The summed E-state index contributed by atoms with van der Waals surface area (Å²) in [4.78, 5) is 15.3. The summed E-state index contributed by atoms with van der Waals surface area (Å²) in [5.74, 6) is -1.42. The van der Waals surface area contributed by atoms with Crippen LogP contribution in [0.2, 0.25) is 0 Å². The van der Waals surface area contributed by atoms with Crippen molar-refractivity contribution in [2.24, 2.45) is 0 Å². The minimum atomic E-state index is -1.10. The maximum Gasteiger partial charge on any atom is 0.305 e. The molecule has 0 amide bonds. The summed E-state index contributed by atoms with van der Waals surface area (Å²) >= 11 is 0. The second-order valence-electron chi connectivity index (χ2n) is 8.27. The molecule has 0 radical (unpaired) electrons. The van der Waals surface area contributed by atoms with Gasteiger partial charge in [-0.2, -0.15) is 0 Å². The van der Waals surface area contributed by atoms with Crippen molar-refractivity contribution in [2.45, 2.75) is 57.8 Å². The summed E-state index contributed by atoms with van der Waals surface area (Å²) in [6.45, 7) is 4.13. The van der Waals surface area contributed by atoms with Crippen molar-refractivity contribution in [3.63, 3.8) is 0 Å². The molecule has 2 atom stereocenters. The van der Waals surface area contributed by atoms with Crippen molar-refractivity contribution in [1.29, 1.82) is 0 Å². The molecule has 0 fully saturated rings. The zero-order valence-corrected chi connectivity index (χ0v) is 18.3. The number of halogens is 1. The lowest BCUT2D eigenvalue weighted by molar-refractivity contribution is -0.139. The number of aliphatic hydroxyl groups excluding tert-OH is 2. The summed E-state index contributed by atoms with van der Waals surface area (Å²) in [5, 5.41) is 29.1. The van der Waals surface area contributed by atoms with Gasteiger partial charge in [-0.3, -0.25) is 9.78 Å². The number of rotatable bonds is 10. The van der Waals surface area contributed by atoms with Gasteiger partial charge in [0.2, 0.25) is 0 Å². The fourth-order valence-corrected chi connectivity index (χ4v) is 3.96. The van der Waals surface area contributed by atoms with E-state index in [1.165, 1.54) is 12.1 Å². The van der Waals surface area contributed by atoms with Crippen LogP contribution < -0.4 is 0 Å². The Hall–Kier alpha value is -3.03. The predicted octanol–water partition coefficient (Wildman–Crippen LogP) is 4.46. The van der Waals surface area contributed by atoms with Crippen LogP contribution in [0.4, 0.5) is 4.39 Å². The molecule has 3 aromatic rings. The van der Waals surface area contributed by atoms with Crippen molar-refractivity contribution in [2.75, 3.05) is 0 Å². The van der Waals surface area contributed by atoms with Crippen molar-refractivity contribution >= 4 is 5.97 Å². The first-order valence-electron chi connectivity index (χ1n) is 10.7. The summed E-state index contributed by atoms with van der Waals surface area (Å²) < 4.78 is 15.7. The van der Waals surface area contributed by atoms with Crippen LogP contribution >= 0.6 is 0 Å². The molecule has 7 heteroatoms. The van der Waals surface area contributed by atoms with Gasteiger partial charge in [-0.1, -0.05) is 18.2 Å². The number of carboxylic acid groups (broad SMARTS) is 1. The number of benzene rings is 1. The standard InChI is InChI=1S/C25H29FN2O4/c1-16(2)28-15-21(22-5-3-4-12-27-22)25(17-6-8-18(26)9-7-17)23(28)11-10-19(29)13-20(30)14-24(31)32/h3-9,12,15-16,19-20,29-30H,10-11,13-14H2,1-2H3,(H,31,32). The van der Waals surface area contributed by atoms with Gasteiger partial charge < -0.3 is 19.9 Å². The Labute approximate surface area is 187 Å². The van der Waals surface area contributed by atoms with Crippen molar-refractivity contribution in [3.8, 4) is 22.4 Å². The lowest BCUT2D eigenvalue weighted by Gasteiger charge is -2.18. The molecule has 2 aromatic heterocycles. The van der Waals surface area contributed by atoms with Gasteiger partial charge in [0, 0.05) is 35.3 Å². The predicted molar refractivity (Wildman–Crippen MR) is 121 cm³/mol. The van der Waals surface area contributed by atoms with Crippen LogP contribution in [0.15, 0.2) is 54.9 Å². The molecule has 170 valence electrons. The Kier molecular flexibility index (Phi) is 7.77. The molecule has 0 saturated heterocycles. The van der Waals surface area contributed by atoms with E-state index in [4.69, 9.17) is 5.11 Å². The minimum absolute atomic E-state index is 0.00628. The Balaban J connectivity index is 1.99. The summed E-state index contributed by atoms with van der Waals surface area (Å²) in [6.07, 6.45) is 2.26. The van der Waals surface area contributed by atoms with E-state index in [0.29, 0.717) is 12.8 Å². The molecule has 0 aliphatic rings. The van der Waals surface area contributed by atoms with E-state index in [0.717, 1.165) is 28.1 Å². The van der Waals surface area contributed by atoms with Gasteiger partial charge in [-0.05, 0) is 62.9 Å². The molecule has 32 heavy (non-hydrogen) atoms. The molecule has 0 aliphatic carbocycles. The van der Waals surface area contributed by atoms with Crippen molar-refractivity contribution < 1.29 is 24.5 Å². The Bertz CT molecular complexity index is 1030. The quantitative estimate of drug-likeness (QED) is 0.433. The minimum Gasteiger partial charge on any atom is -0.481 e. The molecule has 0 bridgehead atoms. The number of aliphatic hydroxyl groups is 2. The topological polar surface area (TPSA) is 95.6 Å². The van der Waals surface area contributed by atoms with E-state index >= 15 is 0 Å². The first kappa shape index (κ1) is 23.6. The lowest BCUT2D eigenvalue weighted by atomic mass is 9.95. The van der Waals surface area contributed by atoms with Crippen molar-refractivity contribution in [1.82, 2.24) is 9.55 Å². The molecule has 2 unspecified atom stereocenters. The van der Waals surface area contributed by atoms with Crippen LogP contribution in [0.3, 0.4) is 0 Å². The smallest absolute Gasteiger partial charge is 0.305 e. The zero-order chi connectivity index (χ0) is 23.3. The van der Waals surface area contributed by atoms with E-state index < -0.39 is 24.6 Å². The molecular weight excluding hydrogens is 411 g/mol. The number of hydrogen-bond acceptors (Lipinski definition) is 4. The number of aliphatic carboxylic acids is 1. The number of nitrogens with zero attached hydrogens (tertiary/aromatic N) is 2. The number of pyridine rings is 1. The normalized spacial score (nSPS) is 13.3. The van der Waals surface area contributed by atoms with Gasteiger partial charge in [0.05, 0.1) is 24.3 Å². The summed E-state index contributed by atoms with van der Waals surface area (Å²) in [5.41, 5.74) is 4.46. The number of carbonyl (C=O) groups is 1. The van der Waals surface area contributed by atoms with Crippen LogP contribution in [0.1, 0.15) is 44.8 Å². The fraction of sp³-hybridized carbons (Fsp3) is 0.360. The molecular formula is C25H29FN2O4. The monoisotopic (exact) mass is 440 g/mol. The maximum absolute atomic E-state index is 13.6. The molecule has 0 saturated carbocycles. The molecule has 0 spiro atoms. The van der Waals surface area contributed by atoms with E-state index in [1.54, 1.807) is 18.3 Å². The van der Waals surface area contributed by atoms with Gasteiger partial charge >= 0.3 is 5.97 Å². The Morgan fingerprint density at radius 3 is 2.41 bits per heavy atom. The third-order valence-corrected chi connectivity index (χ3v) is 5.44. The first-order valence-corrected chi connectivity index (χ1v) is 10.7. The molecule has 3 N–H and O–H groups in total. The molecule has 6 nitrogen and oxygen atoms in total. The van der Waals surface area contributed by atoms with E-state index in [2.05, 4.69) is 23.4 Å². The Morgan fingerprint density at radius 1 is 1.09 bits per heavy atom. The van der Waals surface area contributed by atoms with E-state index in [9.17, 15) is 19.4 Å². The highest BCUT2D eigenvalue weighted by Gasteiger charge is 2.22. The highest BCUT2D eigenvalue weighted by atomic mass is 19.1. The van der Waals surface area contributed by atoms with Crippen molar-refractivity contribution in [3.05, 3.63) is 66.4 Å². The second-order valence-corrected chi connectivity index (χ2v) is 8.27. The summed E-state index contributed by atoms with van der Waals surface area (Å²) in [7, 11) is 0. The van der Waals surface area contributed by atoms with Gasteiger partial charge in [0.15, 0.2) is 0 Å². The van der Waals surface area contributed by atoms with E-state index in [1.807, 2.05) is 24.4 Å². The first-order chi connectivity index (χ1) is 15.3. The van der Waals surface area contributed by atoms with Gasteiger partial charge in [0.1, 0.15) is 5.82 Å². The zero-order valence-electron chi connectivity index (χ0n) is 18.3. The van der Waals surface area contributed by atoms with Crippen LogP contribution in [-0.4, -0.2) is 43.0 Å². The maximum atomic E-state index is 13.6. The molecule has 1 aromatic carbocycles. The Morgan fingerprint density at radius 2 is 1.81 bits per heavy atom. The molecule has 2 heterocycles. The largest absolute Gasteiger partial charge is 0.481 e. The number of carboxylic acids is 1. The average molecular weight is 441 g/mol. The highest BCUT2D eigenvalue weighted by Crippen LogP contribution is 2.38. The lowest BCUT2D eigenvalue weighted by Crippen LogP contribution is -2.21. The third-order valence-electron chi connectivity index (χ3n) is 5.44. The van der Waals surface area contributed by atoms with Crippen LogP contribution in [0.25, 0.3) is 22.4 Å². The van der Waals surface area contributed by atoms with Gasteiger partial charge in [0.25, 0.3) is 0 Å². The highest BCUT2D eigenvalue weighted by molar-refractivity contribution is 5.84. The van der Waals surface area contributed by atoms with Crippen LogP contribution in [-0.2, 0) is 11.2 Å². The fourth-order valence-electron chi connectivity index (χ4n) is 3.96. The van der Waals surface area contributed by atoms with Gasteiger partial charge in [-0.25, -0.2) is 4.39 Å². The van der Waals surface area contributed by atoms with Crippen LogP contribution in [0, 0.1) is 5.82 Å². The number of aromatic nitrogens is 2. The van der Waals surface area contributed by atoms with Gasteiger partial charge in [-0.15, -0.1) is 0 Å². The van der Waals surface area contributed by atoms with E-state index in [-0.39, 0.29) is 18.3 Å². The number of hydrogen-bond donors (Lipinski definition) is 3. The third kappa shape index (κ3) is 5.81. The second kappa shape index (κ2) is 10.5. The van der Waals surface area contributed by atoms with Crippen LogP contribution in [0.5, 0.6) is 0 Å². The molecule has 3 rings (SSSR count). The summed E-state index contributed by atoms with van der Waals surface area (Å²) in [6, 6.07) is 12.1.